The predicted molar refractivity (Wildman–Crippen MR) is 67.9 cm³/mol. The highest BCUT2D eigenvalue weighted by atomic mass is 35.5. The van der Waals surface area contributed by atoms with Gasteiger partial charge in [0, 0.05) is 18.1 Å². The number of hydrogen-bond acceptors (Lipinski definition) is 5. The van der Waals surface area contributed by atoms with Gasteiger partial charge in [0.25, 0.3) is 11.6 Å². The molecule has 1 fully saturated rings. The fourth-order valence-electron chi connectivity index (χ4n) is 1.84. The van der Waals surface area contributed by atoms with E-state index in [9.17, 15) is 19.7 Å². The van der Waals surface area contributed by atoms with Crippen molar-refractivity contribution in [3.05, 3.63) is 33.3 Å². The minimum absolute atomic E-state index is 0.0288. The van der Waals surface area contributed by atoms with Crippen LogP contribution in [0.5, 0.6) is 0 Å². The van der Waals surface area contributed by atoms with E-state index in [0.29, 0.717) is 5.02 Å². The zero-order valence-electron chi connectivity index (χ0n) is 9.92. The lowest BCUT2D eigenvalue weighted by atomic mass is 10.2. The maximum absolute atomic E-state index is 11.7. The second kappa shape index (κ2) is 4.85. The number of imide groups is 1. The number of nitrogens with zero attached hydrogens (tertiary/aromatic N) is 2. The number of halogens is 1. The molecule has 1 atom stereocenters. The number of carbonyl (C=O) groups is 2. The number of amides is 2. The molecule has 19 heavy (non-hydrogen) atoms. The normalized spacial score (nSPS) is 18.8. The van der Waals surface area contributed by atoms with Gasteiger partial charge in [-0.25, -0.2) is 0 Å². The summed E-state index contributed by atoms with van der Waals surface area (Å²) in [4.78, 5) is 34.4. The van der Waals surface area contributed by atoms with Crippen LogP contribution < -0.4 is 5.32 Å². The third-order valence-corrected chi connectivity index (χ3v) is 3.10. The van der Waals surface area contributed by atoms with Crippen LogP contribution in [-0.2, 0) is 9.59 Å². The molecule has 1 heterocycles. The Morgan fingerprint density at radius 2 is 2.16 bits per heavy atom. The van der Waals surface area contributed by atoms with Crippen LogP contribution in [0.4, 0.5) is 11.4 Å². The van der Waals surface area contributed by atoms with Crippen LogP contribution in [0.3, 0.4) is 0 Å². The van der Waals surface area contributed by atoms with E-state index in [-0.39, 0.29) is 23.7 Å². The van der Waals surface area contributed by atoms with Gasteiger partial charge in [0.05, 0.1) is 11.3 Å². The molecule has 0 radical (unpaired) electrons. The summed E-state index contributed by atoms with van der Waals surface area (Å²) >= 11 is 5.78. The van der Waals surface area contributed by atoms with E-state index < -0.39 is 16.9 Å². The molecule has 0 bridgehead atoms. The van der Waals surface area contributed by atoms with E-state index in [1.807, 2.05) is 0 Å². The number of nitrogens with one attached hydrogen (secondary N) is 1. The Bertz CT molecular complexity index is 575. The van der Waals surface area contributed by atoms with Gasteiger partial charge in [-0.05, 0) is 12.1 Å². The lowest BCUT2D eigenvalue weighted by Crippen LogP contribution is -2.31. The summed E-state index contributed by atoms with van der Waals surface area (Å²) in [5.74, 6) is -0.744. The fraction of sp³-hybridized carbons (Fsp3) is 0.273. The molecule has 1 aliphatic rings. The van der Waals surface area contributed by atoms with Gasteiger partial charge in [0.15, 0.2) is 0 Å². The van der Waals surface area contributed by atoms with E-state index in [0.717, 1.165) is 4.90 Å². The van der Waals surface area contributed by atoms with Crippen LogP contribution >= 0.6 is 11.6 Å². The van der Waals surface area contributed by atoms with Gasteiger partial charge >= 0.3 is 0 Å². The summed E-state index contributed by atoms with van der Waals surface area (Å²) in [5.41, 5.74) is -0.0712. The van der Waals surface area contributed by atoms with Gasteiger partial charge < -0.3 is 5.32 Å². The number of rotatable bonds is 3. The van der Waals surface area contributed by atoms with Crippen LogP contribution in [0.1, 0.15) is 6.42 Å². The highest BCUT2D eigenvalue weighted by Gasteiger charge is 2.36. The van der Waals surface area contributed by atoms with Gasteiger partial charge in [-0.1, -0.05) is 11.6 Å². The minimum Gasteiger partial charge on any atom is -0.368 e. The summed E-state index contributed by atoms with van der Waals surface area (Å²) < 4.78 is 0. The molecule has 1 aliphatic heterocycles. The van der Waals surface area contributed by atoms with Crippen LogP contribution in [0.25, 0.3) is 0 Å². The number of hydrogen-bond donors (Lipinski definition) is 1. The first-order valence-corrected chi connectivity index (χ1v) is 5.79. The van der Waals surface area contributed by atoms with E-state index in [1.54, 1.807) is 0 Å². The highest BCUT2D eigenvalue weighted by molar-refractivity contribution is 6.31. The van der Waals surface area contributed by atoms with Crippen molar-refractivity contribution in [3.8, 4) is 0 Å². The Morgan fingerprint density at radius 3 is 2.68 bits per heavy atom. The maximum Gasteiger partial charge on any atom is 0.292 e. The van der Waals surface area contributed by atoms with Gasteiger partial charge in [-0.3, -0.25) is 24.6 Å². The van der Waals surface area contributed by atoms with Crippen molar-refractivity contribution < 1.29 is 14.5 Å². The molecule has 0 aromatic heterocycles. The molecule has 1 saturated heterocycles. The van der Waals surface area contributed by atoms with Crippen molar-refractivity contribution in [2.45, 2.75) is 12.5 Å². The number of likely N-dealkylation sites (N-methyl/N-ethyl adjacent to an activating group) is 1. The number of benzene rings is 1. The third kappa shape index (κ3) is 2.50. The molecule has 1 aromatic rings. The van der Waals surface area contributed by atoms with Gasteiger partial charge in [0.1, 0.15) is 11.7 Å². The SMILES string of the molecule is CN1C(=O)CC(Nc2cc(Cl)ccc2[N+](=O)[O-])C1=O. The molecular formula is C11H10ClN3O4. The number of nitro benzene ring substituents is 1. The Labute approximate surface area is 113 Å². The summed E-state index contributed by atoms with van der Waals surface area (Å²) in [6, 6.07) is 3.19. The molecule has 2 amide bonds. The van der Waals surface area contributed by atoms with Crippen molar-refractivity contribution >= 4 is 34.8 Å². The maximum atomic E-state index is 11.7. The monoisotopic (exact) mass is 283 g/mol. The molecule has 1 aromatic carbocycles. The molecule has 0 spiro atoms. The van der Waals surface area contributed by atoms with Crippen molar-refractivity contribution in [2.75, 3.05) is 12.4 Å². The molecule has 1 unspecified atom stereocenters. The Balaban J connectivity index is 2.29. The first-order valence-electron chi connectivity index (χ1n) is 5.41. The zero-order chi connectivity index (χ0) is 14.2. The molecule has 1 N–H and O–H groups in total. The average Bonchev–Trinajstić information content (AvgIpc) is 2.57. The molecule has 2 rings (SSSR count). The largest absolute Gasteiger partial charge is 0.368 e. The van der Waals surface area contributed by atoms with E-state index in [4.69, 9.17) is 11.6 Å². The second-order valence-electron chi connectivity index (χ2n) is 4.11. The van der Waals surface area contributed by atoms with E-state index in [2.05, 4.69) is 5.32 Å². The zero-order valence-corrected chi connectivity index (χ0v) is 10.7. The molecule has 0 saturated carbocycles. The standard InChI is InChI=1S/C11H10ClN3O4/c1-14-10(16)5-8(11(14)17)13-7-4-6(12)2-3-9(7)15(18)19/h2-4,8,13H,5H2,1H3. The van der Waals surface area contributed by atoms with Crippen LogP contribution in [-0.4, -0.2) is 34.7 Å². The Kier molecular flexibility index (Phi) is 3.39. The summed E-state index contributed by atoms with van der Waals surface area (Å²) in [5, 5.41) is 13.9. The topological polar surface area (TPSA) is 92.6 Å². The average molecular weight is 284 g/mol. The predicted octanol–water partition coefficient (Wildman–Crippen LogP) is 1.42. The molecule has 7 nitrogen and oxygen atoms in total. The van der Waals surface area contributed by atoms with Crippen molar-refractivity contribution in [2.24, 2.45) is 0 Å². The van der Waals surface area contributed by atoms with Crippen molar-refractivity contribution in [1.82, 2.24) is 4.90 Å². The van der Waals surface area contributed by atoms with Crippen molar-refractivity contribution in [1.29, 1.82) is 0 Å². The van der Waals surface area contributed by atoms with E-state index in [1.165, 1.54) is 25.2 Å². The smallest absolute Gasteiger partial charge is 0.292 e. The number of likely N-dealkylation sites (tertiary alicyclic amines) is 1. The first-order chi connectivity index (χ1) is 8.90. The van der Waals surface area contributed by atoms with Crippen LogP contribution in [0.2, 0.25) is 5.02 Å². The lowest BCUT2D eigenvalue weighted by Gasteiger charge is -2.12. The minimum atomic E-state index is -0.797. The Hall–Kier alpha value is -2.15. The van der Waals surface area contributed by atoms with Crippen LogP contribution in [0.15, 0.2) is 18.2 Å². The molecular weight excluding hydrogens is 274 g/mol. The van der Waals surface area contributed by atoms with Gasteiger partial charge in [0.2, 0.25) is 5.91 Å². The van der Waals surface area contributed by atoms with Gasteiger partial charge in [-0.15, -0.1) is 0 Å². The van der Waals surface area contributed by atoms with Crippen molar-refractivity contribution in [3.63, 3.8) is 0 Å². The number of nitro groups is 1. The fourth-order valence-corrected chi connectivity index (χ4v) is 2.01. The summed E-state index contributed by atoms with van der Waals surface area (Å²) in [7, 11) is 1.37. The Morgan fingerprint density at radius 1 is 1.47 bits per heavy atom. The van der Waals surface area contributed by atoms with E-state index >= 15 is 0 Å². The number of carbonyl (C=O) groups excluding carboxylic acids is 2. The van der Waals surface area contributed by atoms with Gasteiger partial charge in [-0.2, -0.15) is 0 Å². The number of anilines is 1. The quantitative estimate of drug-likeness (QED) is 0.514. The highest BCUT2D eigenvalue weighted by Crippen LogP contribution is 2.29. The van der Waals surface area contributed by atoms with Crippen LogP contribution in [0, 0.1) is 10.1 Å². The molecule has 8 heteroatoms. The molecule has 0 aliphatic carbocycles. The summed E-state index contributed by atoms with van der Waals surface area (Å²) in [6.07, 6.45) is -0.0288. The lowest BCUT2D eigenvalue weighted by molar-refractivity contribution is -0.384. The first kappa shape index (κ1) is 13.3. The third-order valence-electron chi connectivity index (χ3n) is 2.87. The molecule has 100 valence electrons. The summed E-state index contributed by atoms with van der Waals surface area (Å²) in [6.45, 7) is 0. The second-order valence-corrected chi connectivity index (χ2v) is 4.55.